The van der Waals surface area contributed by atoms with E-state index in [1.165, 1.54) is 12.1 Å². The zero-order valence-corrected chi connectivity index (χ0v) is 9.41. The summed E-state index contributed by atoms with van der Waals surface area (Å²) in [5, 5.41) is 8.96. The van der Waals surface area contributed by atoms with Gasteiger partial charge in [0.05, 0.1) is 16.7 Å². The second-order valence-electron chi connectivity index (χ2n) is 3.28. The Morgan fingerprint density at radius 3 is 2.73 bits per heavy atom. The molecule has 1 atom stereocenters. The van der Waals surface area contributed by atoms with Crippen molar-refractivity contribution in [3.63, 3.8) is 0 Å². The van der Waals surface area contributed by atoms with E-state index in [1.807, 2.05) is 13.8 Å². The van der Waals surface area contributed by atoms with Crippen molar-refractivity contribution in [1.82, 2.24) is 0 Å². The fourth-order valence-corrected chi connectivity index (χ4v) is 1.31. The first-order chi connectivity index (χ1) is 7.04. The van der Waals surface area contributed by atoms with Gasteiger partial charge in [-0.25, -0.2) is 4.79 Å². The molecule has 82 valence electrons. The van der Waals surface area contributed by atoms with Crippen LogP contribution in [0, 0.1) is 0 Å². The van der Waals surface area contributed by atoms with Crippen LogP contribution < -0.4 is 4.74 Å². The summed E-state index contributed by atoms with van der Waals surface area (Å²) in [6.07, 6.45) is 0.981. The largest absolute Gasteiger partial charge is 0.491 e. The normalized spacial score (nSPS) is 12.2. The van der Waals surface area contributed by atoms with Gasteiger partial charge in [-0.2, -0.15) is 0 Å². The minimum Gasteiger partial charge on any atom is -0.491 e. The zero-order chi connectivity index (χ0) is 11.4. The van der Waals surface area contributed by atoms with Crippen LogP contribution in [0.1, 0.15) is 30.6 Å². The second-order valence-corrected chi connectivity index (χ2v) is 3.69. The molecule has 0 heterocycles. The molecule has 1 N–H and O–H groups in total. The standard InChI is InChI=1S/C11H13ClO3/c1-3-7(2)15-8-4-5-9(11(13)14)10(12)6-8/h4-7H,3H2,1-2H3,(H,13,14). The third-order valence-corrected chi connectivity index (χ3v) is 2.40. The molecule has 0 saturated carbocycles. The third-order valence-electron chi connectivity index (χ3n) is 2.08. The lowest BCUT2D eigenvalue weighted by Crippen LogP contribution is -2.10. The molecule has 3 nitrogen and oxygen atoms in total. The quantitative estimate of drug-likeness (QED) is 0.861. The minimum atomic E-state index is -1.03. The maximum atomic E-state index is 10.7. The van der Waals surface area contributed by atoms with Gasteiger partial charge >= 0.3 is 5.97 Å². The number of benzene rings is 1. The molecule has 0 saturated heterocycles. The van der Waals surface area contributed by atoms with Crippen molar-refractivity contribution >= 4 is 17.6 Å². The summed E-state index contributed by atoms with van der Waals surface area (Å²) in [6.45, 7) is 3.96. The van der Waals surface area contributed by atoms with Gasteiger partial charge in [-0.15, -0.1) is 0 Å². The molecule has 0 spiro atoms. The highest BCUT2D eigenvalue weighted by Crippen LogP contribution is 2.23. The summed E-state index contributed by atoms with van der Waals surface area (Å²) in [4.78, 5) is 10.7. The molecule has 0 aliphatic heterocycles. The maximum absolute atomic E-state index is 10.7. The molecule has 0 aliphatic carbocycles. The predicted molar refractivity (Wildman–Crippen MR) is 58.8 cm³/mol. The number of carboxylic acid groups (broad SMARTS) is 1. The Bertz CT molecular complexity index is 363. The Hall–Kier alpha value is -1.22. The Morgan fingerprint density at radius 1 is 1.60 bits per heavy atom. The third kappa shape index (κ3) is 3.13. The van der Waals surface area contributed by atoms with Gasteiger partial charge in [0.1, 0.15) is 5.75 Å². The van der Waals surface area contributed by atoms with E-state index in [2.05, 4.69) is 0 Å². The van der Waals surface area contributed by atoms with Crippen LogP contribution in [0.25, 0.3) is 0 Å². The van der Waals surface area contributed by atoms with Crippen molar-refractivity contribution in [2.24, 2.45) is 0 Å². The second kappa shape index (κ2) is 5.03. The summed E-state index contributed by atoms with van der Waals surface area (Å²) < 4.78 is 5.50. The summed E-state index contributed by atoms with van der Waals surface area (Å²) in [7, 11) is 0. The lowest BCUT2D eigenvalue weighted by Gasteiger charge is -2.12. The molecule has 1 aromatic carbocycles. The number of halogens is 1. The zero-order valence-electron chi connectivity index (χ0n) is 8.66. The van der Waals surface area contributed by atoms with Crippen LogP contribution in [0.3, 0.4) is 0 Å². The van der Waals surface area contributed by atoms with Gasteiger partial charge < -0.3 is 9.84 Å². The van der Waals surface area contributed by atoms with E-state index in [0.717, 1.165) is 6.42 Å². The molecule has 0 radical (unpaired) electrons. The van der Waals surface area contributed by atoms with Gasteiger partial charge in [0.15, 0.2) is 0 Å². The number of hydrogen-bond donors (Lipinski definition) is 1. The predicted octanol–water partition coefficient (Wildman–Crippen LogP) is 3.22. The number of aromatic carboxylic acids is 1. The lowest BCUT2D eigenvalue weighted by atomic mass is 10.2. The van der Waals surface area contributed by atoms with Crippen LogP contribution in [0.15, 0.2) is 18.2 Å². The van der Waals surface area contributed by atoms with Crippen molar-refractivity contribution in [2.75, 3.05) is 0 Å². The molecule has 0 aromatic heterocycles. The van der Waals surface area contributed by atoms with E-state index in [-0.39, 0.29) is 16.7 Å². The van der Waals surface area contributed by atoms with Crippen molar-refractivity contribution < 1.29 is 14.6 Å². The van der Waals surface area contributed by atoms with Gasteiger partial charge in [0.25, 0.3) is 0 Å². The fraction of sp³-hybridized carbons (Fsp3) is 0.364. The maximum Gasteiger partial charge on any atom is 0.337 e. The van der Waals surface area contributed by atoms with Crippen LogP contribution in [-0.4, -0.2) is 17.2 Å². The molecule has 1 unspecified atom stereocenters. The highest BCUT2D eigenvalue weighted by atomic mass is 35.5. The monoisotopic (exact) mass is 228 g/mol. The van der Waals surface area contributed by atoms with Crippen LogP contribution >= 0.6 is 11.6 Å². The Labute approximate surface area is 93.6 Å². The van der Waals surface area contributed by atoms with Gasteiger partial charge in [-0.05, 0) is 31.5 Å². The topological polar surface area (TPSA) is 46.5 Å². The number of carboxylic acids is 1. The number of rotatable bonds is 4. The van der Waals surface area contributed by atoms with E-state index in [1.54, 1.807) is 6.07 Å². The Morgan fingerprint density at radius 2 is 2.27 bits per heavy atom. The van der Waals surface area contributed by atoms with Crippen molar-refractivity contribution in [2.45, 2.75) is 26.4 Å². The first-order valence-corrected chi connectivity index (χ1v) is 5.12. The van der Waals surface area contributed by atoms with Gasteiger partial charge in [0, 0.05) is 0 Å². The molecule has 0 amide bonds. The van der Waals surface area contributed by atoms with Crippen molar-refractivity contribution in [3.05, 3.63) is 28.8 Å². The molecule has 15 heavy (non-hydrogen) atoms. The molecule has 0 aliphatic rings. The molecule has 0 fully saturated rings. The highest BCUT2D eigenvalue weighted by Gasteiger charge is 2.10. The molecular formula is C11H13ClO3. The van der Waals surface area contributed by atoms with Crippen molar-refractivity contribution in [1.29, 1.82) is 0 Å². The van der Waals surface area contributed by atoms with E-state index >= 15 is 0 Å². The molecule has 4 heteroatoms. The fourth-order valence-electron chi connectivity index (χ4n) is 1.06. The van der Waals surface area contributed by atoms with Crippen LogP contribution in [0.5, 0.6) is 5.75 Å². The first kappa shape index (κ1) is 11.9. The number of ether oxygens (including phenoxy) is 1. The summed E-state index contributed by atoms with van der Waals surface area (Å²) in [5.41, 5.74) is 0.0909. The average Bonchev–Trinajstić information content (AvgIpc) is 2.17. The Balaban J connectivity index is 2.87. The van der Waals surface area contributed by atoms with E-state index in [4.69, 9.17) is 21.4 Å². The van der Waals surface area contributed by atoms with Gasteiger partial charge in [0.2, 0.25) is 0 Å². The SMILES string of the molecule is CCC(C)Oc1ccc(C(=O)O)c(Cl)c1. The molecule has 1 rings (SSSR count). The first-order valence-electron chi connectivity index (χ1n) is 4.74. The van der Waals surface area contributed by atoms with Gasteiger partial charge in [-0.3, -0.25) is 0 Å². The molecule has 1 aromatic rings. The van der Waals surface area contributed by atoms with E-state index in [0.29, 0.717) is 5.75 Å². The lowest BCUT2D eigenvalue weighted by molar-refractivity contribution is 0.0697. The van der Waals surface area contributed by atoms with Crippen LogP contribution in [-0.2, 0) is 0 Å². The molecular weight excluding hydrogens is 216 g/mol. The molecule has 0 bridgehead atoms. The smallest absolute Gasteiger partial charge is 0.337 e. The van der Waals surface area contributed by atoms with E-state index < -0.39 is 5.97 Å². The summed E-state index contributed by atoms with van der Waals surface area (Å²) in [6, 6.07) is 4.58. The van der Waals surface area contributed by atoms with Crippen LogP contribution in [0.4, 0.5) is 0 Å². The number of carbonyl (C=O) groups is 1. The summed E-state index contributed by atoms with van der Waals surface area (Å²) >= 11 is 5.79. The minimum absolute atomic E-state index is 0.0909. The Kier molecular flexibility index (Phi) is 3.97. The number of hydrogen-bond acceptors (Lipinski definition) is 2. The average molecular weight is 229 g/mol. The van der Waals surface area contributed by atoms with Crippen LogP contribution in [0.2, 0.25) is 5.02 Å². The summed E-state index contributed by atoms with van der Waals surface area (Å²) in [5.74, 6) is -0.436. The van der Waals surface area contributed by atoms with E-state index in [9.17, 15) is 4.79 Å². The van der Waals surface area contributed by atoms with Crippen molar-refractivity contribution in [3.8, 4) is 5.75 Å². The highest BCUT2D eigenvalue weighted by molar-refractivity contribution is 6.33. The van der Waals surface area contributed by atoms with Gasteiger partial charge in [-0.1, -0.05) is 18.5 Å².